The van der Waals surface area contributed by atoms with Gasteiger partial charge in [-0.05, 0) is 56.9 Å². The third kappa shape index (κ3) is 3.33. The molecule has 2 bridgehead atoms. The van der Waals surface area contributed by atoms with E-state index in [1.807, 2.05) is 0 Å². The van der Waals surface area contributed by atoms with E-state index < -0.39 is 0 Å². The van der Waals surface area contributed by atoms with Crippen molar-refractivity contribution in [2.45, 2.75) is 25.3 Å². The molecule has 1 aromatic rings. The Hall–Kier alpha value is -1.06. The molecule has 0 aromatic heterocycles. The highest BCUT2D eigenvalue weighted by Crippen LogP contribution is 2.27. The molecule has 0 amide bonds. The van der Waals surface area contributed by atoms with Gasteiger partial charge < -0.3 is 15.1 Å². The van der Waals surface area contributed by atoms with Gasteiger partial charge in [0.25, 0.3) is 0 Å². The molecule has 3 saturated heterocycles. The van der Waals surface area contributed by atoms with E-state index in [9.17, 15) is 0 Å². The average Bonchev–Trinajstić information content (AvgIpc) is 2.53. The predicted molar refractivity (Wildman–Crippen MR) is 85.3 cm³/mol. The summed E-state index contributed by atoms with van der Waals surface area (Å²) in [6.45, 7) is 6.21. The number of piperidine rings is 3. The molecule has 3 aliphatic heterocycles. The quantitative estimate of drug-likeness (QED) is 0.802. The molecule has 1 atom stereocenters. The maximum Gasteiger partial charge on any atom is 0.0363 e. The van der Waals surface area contributed by atoms with Gasteiger partial charge in [-0.2, -0.15) is 0 Å². The fourth-order valence-electron chi connectivity index (χ4n) is 3.61. The summed E-state index contributed by atoms with van der Waals surface area (Å²) < 4.78 is 0. The Morgan fingerprint density at radius 1 is 1.20 bits per heavy atom. The van der Waals surface area contributed by atoms with Crippen LogP contribution in [0.1, 0.15) is 19.3 Å². The van der Waals surface area contributed by atoms with Gasteiger partial charge in [0, 0.05) is 31.9 Å². The summed E-state index contributed by atoms with van der Waals surface area (Å²) in [6, 6.07) is 11.4. The maximum atomic E-state index is 3.79. The highest BCUT2D eigenvalue weighted by molar-refractivity contribution is 5.44. The summed E-state index contributed by atoms with van der Waals surface area (Å²) >= 11 is 0. The van der Waals surface area contributed by atoms with E-state index in [2.05, 4.69) is 52.5 Å². The molecule has 20 heavy (non-hydrogen) atoms. The van der Waals surface area contributed by atoms with Gasteiger partial charge in [-0.15, -0.1) is 0 Å². The van der Waals surface area contributed by atoms with E-state index in [1.165, 1.54) is 44.6 Å². The molecule has 1 unspecified atom stereocenters. The number of hydrogen-bond acceptors (Lipinski definition) is 3. The number of benzene rings is 1. The number of fused-ring (bicyclic) bond motifs is 3. The smallest absolute Gasteiger partial charge is 0.0363 e. The maximum absolute atomic E-state index is 3.79. The standard InChI is InChI=1S/C17H27N3/c1-19(16-6-3-2-4-7-16)11-5-10-18-17-14-20-12-8-15(17)9-13-20/h2-4,6-7,15,17-18H,5,8-14H2,1H3. The van der Waals surface area contributed by atoms with E-state index >= 15 is 0 Å². The fourth-order valence-corrected chi connectivity index (χ4v) is 3.61. The molecule has 3 aliphatic rings. The number of nitrogens with zero attached hydrogens (tertiary/aromatic N) is 2. The number of nitrogens with one attached hydrogen (secondary N) is 1. The lowest BCUT2D eigenvalue weighted by Crippen LogP contribution is -2.56. The van der Waals surface area contributed by atoms with Crippen molar-refractivity contribution in [3.63, 3.8) is 0 Å². The largest absolute Gasteiger partial charge is 0.375 e. The van der Waals surface area contributed by atoms with Crippen molar-refractivity contribution in [3.8, 4) is 0 Å². The molecular formula is C17H27N3. The molecule has 3 fully saturated rings. The zero-order valence-corrected chi connectivity index (χ0v) is 12.6. The third-order valence-corrected chi connectivity index (χ3v) is 4.93. The van der Waals surface area contributed by atoms with Gasteiger partial charge in [0.05, 0.1) is 0 Å². The van der Waals surface area contributed by atoms with Crippen LogP contribution in [-0.2, 0) is 0 Å². The zero-order chi connectivity index (χ0) is 13.8. The van der Waals surface area contributed by atoms with E-state index in [0.717, 1.165) is 25.0 Å². The molecule has 1 N–H and O–H groups in total. The van der Waals surface area contributed by atoms with Crippen LogP contribution in [-0.4, -0.2) is 50.7 Å². The number of hydrogen-bond donors (Lipinski definition) is 1. The Labute approximate surface area is 123 Å². The minimum Gasteiger partial charge on any atom is -0.375 e. The molecule has 0 spiro atoms. The van der Waals surface area contributed by atoms with Gasteiger partial charge in [-0.25, -0.2) is 0 Å². The van der Waals surface area contributed by atoms with Crippen LogP contribution in [0.2, 0.25) is 0 Å². The van der Waals surface area contributed by atoms with E-state index in [-0.39, 0.29) is 0 Å². The van der Waals surface area contributed by atoms with Gasteiger partial charge >= 0.3 is 0 Å². The fraction of sp³-hybridized carbons (Fsp3) is 0.647. The van der Waals surface area contributed by atoms with Gasteiger partial charge in [0.2, 0.25) is 0 Å². The van der Waals surface area contributed by atoms with Crippen LogP contribution in [0.3, 0.4) is 0 Å². The first-order valence-corrected chi connectivity index (χ1v) is 8.05. The summed E-state index contributed by atoms with van der Waals surface area (Å²) in [5.74, 6) is 0.937. The van der Waals surface area contributed by atoms with Crippen LogP contribution in [0, 0.1) is 5.92 Å². The van der Waals surface area contributed by atoms with Gasteiger partial charge in [0.1, 0.15) is 0 Å². The van der Waals surface area contributed by atoms with E-state index in [0.29, 0.717) is 0 Å². The first-order chi connectivity index (χ1) is 9.83. The normalized spacial score (nSPS) is 28.6. The molecule has 3 nitrogen and oxygen atoms in total. The van der Waals surface area contributed by atoms with Crippen LogP contribution in [0.25, 0.3) is 0 Å². The van der Waals surface area contributed by atoms with Crippen LogP contribution in [0.15, 0.2) is 30.3 Å². The molecule has 110 valence electrons. The second kappa shape index (κ2) is 6.59. The highest BCUT2D eigenvalue weighted by Gasteiger charge is 2.33. The van der Waals surface area contributed by atoms with E-state index in [1.54, 1.807) is 0 Å². The Morgan fingerprint density at radius 2 is 1.95 bits per heavy atom. The highest BCUT2D eigenvalue weighted by atomic mass is 15.2. The molecule has 4 rings (SSSR count). The van der Waals surface area contributed by atoms with Crippen molar-refractivity contribution in [1.29, 1.82) is 0 Å². The second-order valence-corrected chi connectivity index (χ2v) is 6.31. The molecule has 3 heteroatoms. The summed E-state index contributed by atoms with van der Waals surface area (Å²) in [4.78, 5) is 4.96. The predicted octanol–water partition coefficient (Wildman–Crippen LogP) is 2.20. The lowest BCUT2D eigenvalue weighted by Gasteiger charge is -2.45. The van der Waals surface area contributed by atoms with Crippen LogP contribution in [0.4, 0.5) is 5.69 Å². The topological polar surface area (TPSA) is 18.5 Å². The van der Waals surface area contributed by atoms with Gasteiger partial charge in [-0.1, -0.05) is 18.2 Å². The molecule has 0 radical (unpaired) electrons. The van der Waals surface area contributed by atoms with Crippen molar-refractivity contribution >= 4 is 5.69 Å². The average molecular weight is 273 g/mol. The summed E-state index contributed by atoms with van der Waals surface area (Å²) in [6.07, 6.45) is 4.03. The first kappa shape index (κ1) is 13.9. The number of para-hydroxylation sites is 1. The van der Waals surface area contributed by atoms with Crippen molar-refractivity contribution in [2.75, 3.05) is 44.7 Å². The van der Waals surface area contributed by atoms with Gasteiger partial charge in [-0.3, -0.25) is 0 Å². The van der Waals surface area contributed by atoms with Crippen LogP contribution in [0.5, 0.6) is 0 Å². The van der Waals surface area contributed by atoms with E-state index in [4.69, 9.17) is 0 Å². The molecule has 0 saturated carbocycles. The van der Waals surface area contributed by atoms with Crippen molar-refractivity contribution < 1.29 is 0 Å². The second-order valence-electron chi connectivity index (χ2n) is 6.31. The summed E-state index contributed by atoms with van der Waals surface area (Å²) in [5, 5.41) is 3.79. The van der Waals surface area contributed by atoms with Crippen molar-refractivity contribution in [2.24, 2.45) is 5.92 Å². The molecule has 1 aromatic carbocycles. The van der Waals surface area contributed by atoms with Crippen molar-refractivity contribution in [1.82, 2.24) is 10.2 Å². The molecular weight excluding hydrogens is 246 g/mol. The molecule has 0 aliphatic carbocycles. The summed E-state index contributed by atoms with van der Waals surface area (Å²) in [5.41, 5.74) is 1.32. The van der Waals surface area contributed by atoms with Crippen molar-refractivity contribution in [3.05, 3.63) is 30.3 Å². The van der Waals surface area contributed by atoms with Crippen LogP contribution < -0.4 is 10.2 Å². The lowest BCUT2D eigenvalue weighted by molar-refractivity contribution is 0.0729. The number of rotatable bonds is 6. The summed E-state index contributed by atoms with van der Waals surface area (Å²) in [7, 11) is 2.18. The zero-order valence-electron chi connectivity index (χ0n) is 12.6. The molecule has 3 heterocycles. The Kier molecular flexibility index (Phi) is 4.58. The number of anilines is 1. The van der Waals surface area contributed by atoms with Gasteiger partial charge in [0.15, 0.2) is 0 Å². The monoisotopic (exact) mass is 273 g/mol. The first-order valence-electron chi connectivity index (χ1n) is 8.05. The van der Waals surface area contributed by atoms with Crippen LogP contribution >= 0.6 is 0 Å². The Bertz CT molecular complexity index is 398. The minimum absolute atomic E-state index is 0.750. The lowest BCUT2D eigenvalue weighted by atomic mass is 9.84. The third-order valence-electron chi connectivity index (χ3n) is 4.93. The SMILES string of the molecule is CN(CCCNC1CN2CCC1CC2)c1ccccc1. The Balaban J connectivity index is 1.36. The minimum atomic E-state index is 0.750. The Morgan fingerprint density at radius 3 is 2.60 bits per heavy atom.